The predicted molar refractivity (Wildman–Crippen MR) is 505 cm³/mol. The number of aliphatic carboxylic acids is 2. The van der Waals surface area contributed by atoms with Crippen molar-refractivity contribution in [1.29, 1.82) is 0 Å². The van der Waals surface area contributed by atoms with Gasteiger partial charge in [0, 0.05) is 149 Å². The van der Waals surface area contributed by atoms with Crippen LogP contribution in [-0.2, 0) is 118 Å². The number of primary amides is 1. The second kappa shape index (κ2) is 48.8. The van der Waals surface area contributed by atoms with Gasteiger partial charge in [-0.05, 0) is 98.2 Å². The monoisotopic (exact) mass is 1940 g/mol. The fourth-order valence-corrected chi connectivity index (χ4v) is 18.1. The summed E-state index contributed by atoms with van der Waals surface area (Å²) in [5.74, 6) is -20.3. The number of nitrogens with two attached hydrogens (primary N) is 3. The van der Waals surface area contributed by atoms with Gasteiger partial charge in [-0.25, -0.2) is 4.98 Å². The number of nitrogens with zero attached hydrogens (tertiary/aromatic N) is 6. The molecule has 3 saturated heterocycles. The van der Waals surface area contributed by atoms with Crippen molar-refractivity contribution < 1.29 is 107 Å². The van der Waals surface area contributed by atoms with Gasteiger partial charge < -0.3 is 135 Å². The number of aromatic hydroxyl groups is 1. The number of aromatic amines is 4. The van der Waals surface area contributed by atoms with Gasteiger partial charge in [-0.15, -0.1) is 11.8 Å². The summed E-state index contributed by atoms with van der Waals surface area (Å²) in [5.41, 5.74) is 21.9. The van der Waals surface area contributed by atoms with Crippen LogP contribution in [0.25, 0.3) is 32.7 Å². The number of aromatic nitrogens is 5. The standard InChI is InChI=1S/C93H119N23O22S/c1-6-7-21-72-86(131)110-70(39-95)85(130)111-71(81(126)101-44-76(96)119)46-139-47-77(120)103-67(32-50-23-25-55(117)26-24-50)89(134)112(3)49(2)80(125)108-69(38-79(123)124)92(137)115-31-14-22-73(115)87(132)107-66(36-54-43-97-48-102-54)84(129)105-64(27-28-78(121)122)91(136)116-45-56(118)37-74(116)88(133)106-65(33-51-40-98-60-18-11-8-15-57(51)60)83(128)104-63(29-30-94)82(127)109-68(34-52-41-99-61-19-12-9-16-58(52)61)90(135)114(5)75(93(138)113(72)4)35-53-42-100-62-20-13-10-17-59(53)62/h8-13,15-20,23-26,40-43,48-49,56,63-75,98-100,117-118H,6-7,14,21-22,27-39,44-47,94-95H2,1-5H3,(H2,96,119)(H,97,102)(H,101,126)(H,103,120)(H,104,128)(H,105,129)(H,106,133)(H,107,132)(H,108,125)(H,109,127)(H,110,131)(H,111,130)(H,121,122)(H,123,124)/t49-,56+,63-,64-,65-,66-,67-,68-,69-,70-,71-,72-,73-,74-,75-/m0/s1. The highest BCUT2D eigenvalue weighted by atomic mass is 32.2. The molecule has 4 aromatic heterocycles. The number of aliphatic hydroxyl groups is 1. The third kappa shape index (κ3) is 27.4. The second-order valence-electron chi connectivity index (χ2n) is 34.8. The second-order valence-corrected chi connectivity index (χ2v) is 35.8. The highest BCUT2D eigenvalue weighted by Crippen LogP contribution is 2.29. The van der Waals surface area contributed by atoms with Crippen molar-refractivity contribution in [2.45, 2.75) is 201 Å². The molecule has 3 aliphatic heterocycles. The van der Waals surface area contributed by atoms with E-state index in [1.165, 1.54) is 64.9 Å². The van der Waals surface area contributed by atoms with Gasteiger partial charge in [-0.1, -0.05) is 86.5 Å². The van der Waals surface area contributed by atoms with Crippen LogP contribution in [-0.4, -0.2) is 332 Å². The number of hydrogen-bond donors (Lipinski definition) is 21. The molecular weight excluding hydrogens is 1820 g/mol. The number of phenolic OH excluding ortho intramolecular Hbond substituents is 1. The summed E-state index contributed by atoms with van der Waals surface area (Å²) in [4.78, 5) is 285. The summed E-state index contributed by atoms with van der Waals surface area (Å²) in [5, 5.41) is 69.9. The first kappa shape index (κ1) is 105. The van der Waals surface area contributed by atoms with Crippen molar-refractivity contribution in [3.8, 4) is 5.75 Å². The molecule has 45 nitrogen and oxygen atoms in total. The highest BCUT2D eigenvalue weighted by Gasteiger charge is 2.47. The Morgan fingerprint density at radius 3 is 1.60 bits per heavy atom. The first-order valence-electron chi connectivity index (χ1n) is 45.6. The number of para-hydroxylation sites is 3. The molecule has 744 valence electrons. The molecule has 139 heavy (non-hydrogen) atoms. The Kier molecular flexibility index (Phi) is 36.7. The van der Waals surface area contributed by atoms with Gasteiger partial charge in [0.15, 0.2) is 0 Å². The predicted octanol–water partition coefficient (Wildman–Crippen LogP) is -2.93. The van der Waals surface area contributed by atoms with Crippen LogP contribution in [0.4, 0.5) is 0 Å². The summed E-state index contributed by atoms with van der Waals surface area (Å²) < 4.78 is 0. The number of carboxylic acids is 2. The molecule has 3 fully saturated rings. The third-order valence-electron chi connectivity index (χ3n) is 25.0. The molecule has 46 heteroatoms. The number of imidazole rings is 1. The Morgan fingerprint density at radius 2 is 1.03 bits per heavy atom. The third-order valence-corrected chi connectivity index (χ3v) is 26.0. The van der Waals surface area contributed by atoms with Crippen LogP contribution in [0, 0.1) is 0 Å². The van der Waals surface area contributed by atoms with E-state index in [1.807, 2.05) is 6.92 Å². The zero-order chi connectivity index (χ0) is 101. The van der Waals surface area contributed by atoms with Crippen LogP contribution in [0.3, 0.4) is 0 Å². The lowest BCUT2D eigenvalue weighted by atomic mass is 9.98. The number of rotatable bonds is 24. The van der Waals surface area contributed by atoms with Crippen LogP contribution in [0.1, 0.15) is 106 Å². The number of carbonyl (C=O) groups excluding carboxylic acids is 16. The highest BCUT2D eigenvalue weighted by molar-refractivity contribution is 8.00. The summed E-state index contributed by atoms with van der Waals surface area (Å²) in [6, 6.07) is 3.48. The molecule has 0 bridgehead atoms. The van der Waals surface area contributed by atoms with Gasteiger partial charge in [0.25, 0.3) is 0 Å². The fourth-order valence-electron chi connectivity index (χ4n) is 17.3. The van der Waals surface area contributed by atoms with Gasteiger partial charge >= 0.3 is 11.9 Å². The maximum atomic E-state index is 16.2. The molecule has 0 unspecified atom stereocenters. The van der Waals surface area contributed by atoms with Crippen LogP contribution in [0.15, 0.2) is 128 Å². The molecular formula is C93H119N23O22S. The normalized spacial score (nSPS) is 24.4. The zero-order valence-electron chi connectivity index (χ0n) is 77.3. The summed E-state index contributed by atoms with van der Waals surface area (Å²) in [6.07, 6.45) is 1.72. The number of amides is 16. The SMILES string of the molecule is CCCC[C@H]1C(=O)N[C@@H](CN)C(=O)N[C@H](C(=O)NCC(N)=O)CSCC(=O)N[C@@H](Cc2ccc(O)cc2)C(=O)N(C)[C@@H](C)C(=O)N[C@@H](CC(=O)O)C(=O)N2CCC[C@H]2C(=O)N[C@@H](Cc2c[nH]cn2)C(=O)N[C@@H](CCC(=O)O)C(=O)N2C[C@H](O)C[C@H]2C(=O)N[C@@H](Cc2c[nH]c3ccccc23)C(=O)N[C@@H](CCN)C(=O)N[C@@H](Cc2c[nH]c3ccccc23)C(=O)N(C)[C@@H](Cc2c[nH]c3ccccc23)C(=O)N1C. The topological polar surface area (TPSA) is 679 Å². The first-order chi connectivity index (χ1) is 66.4. The van der Waals surface area contributed by atoms with Crippen LogP contribution < -0.4 is 70.4 Å². The van der Waals surface area contributed by atoms with Gasteiger partial charge in [0.1, 0.15) is 90.3 Å². The number of carbonyl (C=O) groups is 18. The summed E-state index contributed by atoms with van der Waals surface area (Å²) in [7, 11) is 3.83. The molecule has 3 aliphatic rings. The van der Waals surface area contributed by atoms with E-state index in [-0.39, 0.29) is 75.9 Å². The molecule has 0 saturated carbocycles. The van der Waals surface area contributed by atoms with Crippen molar-refractivity contribution >= 4 is 151 Å². The van der Waals surface area contributed by atoms with E-state index in [0.29, 0.717) is 67.8 Å². The number of hydrogen-bond acceptors (Lipinski definition) is 24. The molecule has 24 N–H and O–H groups in total. The molecule has 16 amide bonds. The van der Waals surface area contributed by atoms with Crippen molar-refractivity contribution in [1.82, 2.24) is 103 Å². The average Bonchev–Trinajstić information content (AvgIpc) is 1.77. The molecule has 0 aliphatic carbocycles. The number of fused-ring (bicyclic) bond motifs is 5. The number of carboxylic acid groups (broad SMARTS) is 2. The quantitative estimate of drug-likeness (QED) is 0.0288. The van der Waals surface area contributed by atoms with Crippen LogP contribution in [0.2, 0.25) is 0 Å². The van der Waals surface area contributed by atoms with Gasteiger partial charge in [-0.2, -0.15) is 0 Å². The minimum Gasteiger partial charge on any atom is -0.508 e. The summed E-state index contributed by atoms with van der Waals surface area (Å²) in [6.45, 7) is 0.565. The van der Waals surface area contributed by atoms with E-state index in [4.69, 9.17) is 17.2 Å². The molecule has 7 heterocycles. The minimum atomic E-state index is -1.95. The number of phenols is 1. The van der Waals surface area contributed by atoms with Crippen molar-refractivity contribution in [2.75, 3.05) is 65.4 Å². The largest absolute Gasteiger partial charge is 0.508 e. The Hall–Kier alpha value is -14.8. The van der Waals surface area contributed by atoms with Gasteiger partial charge in [-0.3, -0.25) is 86.3 Å². The molecule has 0 spiro atoms. The van der Waals surface area contributed by atoms with Crippen molar-refractivity contribution in [3.05, 3.63) is 156 Å². The number of aliphatic hydroxyl groups excluding tert-OH is 1. The smallest absolute Gasteiger partial charge is 0.305 e. The number of thioether (sulfide) groups is 1. The Labute approximate surface area is 801 Å². The Balaban J connectivity index is 0.967. The molecule has 11 rings (SSSR count). The fraction of sp³-hybridized carbons (Fsp3) is 0.452. The van der Waals surface area contributed by atoms with Crippen molar-refractivity contribution in [3.63, 3.8) is 0 Å². The number of unbranched alkanes of at least 4 members (excludes halogenated alkanes) is 1. The number of benzene rings is 4. The minimum absolute atomic E-state index is 0.0580. The maximum Gasteiger partial charge on any atom is 0.305 e. The number of likely N-dealkylation sites (N-methyl/N-ethyl adjacent to an activating group) is 3. The maximum absolute atomic E-state index is 16.2. The van der Waals surface area contributed by atoms with E-state index in [2.05, 4.69) is 78.1 Å². The first-order valence-corrected chi connectivity index (χ1v) is 46.8. The lowest BCUT2D eigenvalue weighted by molar-refractivity contribution is -0.149. The van der Waals surface area contributed by atoms with Crippen LogP contribution in [0.5, 0.6) is 5.75 Å². The van der Waals surface area contributed by atoms with Crippen LogP contribution >= 0.6 is 11.8 Å². The van der Waals surface area contributed by atoms with E-state index in [9.17, 15) is 68.4 Å². The van der Waals surface area contributed by atoms with Crippen molar-refractivity contribution in [2.24, 2.45) is 17.2 Å². The molecule has 8 aromatic rings. The lowest BCUT2D eigenvalue weighted by Crippen LogP contribution is -2.62. The van der Waals surface area contributed by atoms with E-state index in [0.717, 1.165) is 36.3 Å². The van der Waals surface area contributed by atoms with E-state index < -0.39 is 260 Å². The molecule has 0 radical (unpaired) electrons. The number of H-pyrrole nitrogens is 4. The zero-order valence-corrected chi connectivity index (χ0v) is 78.1. The Bertz CT molecular complexity index is 5810. The van der Waals surface area contributed by atoms with Gasteiger partial charge in [0.2, 0.25) is 94.5 Å². The van der Waals surface area contributed by atoms with E-state index >= 15 is 38.4 Å². The lowest BCUT2D eigenvalue weighted by Gasteiger charge is -2.36. The molecule has 15 atom stereocenters. The molecule has 4 aromatic carbocycles. The summed E-state index contributed by atoms with van der Waals surface area (Å²) >= 11 is 0.734. The van der Waals surface area contributed by atoms with E-state index in [1.54, 1.807) is 91.4 Å². The Morgan fingerprint density at radius 1 is 0.511 bits per heavy atom. The average molecular weight is 1940 g/mol. The number of nitrogens with one attached hydrogen (secondary N) is 14. The van der Waals surface area contributed by atoms with Gasteiger partial charge in [0.05, 0.1) is 36.8 Å².